The molecule has 122 valence electrons. The van der Waals surface area contributed by atoms with Gasteiger partial charge in [-0.25, -0.2) is 9.97 Å². The fourth-order valence-corrected chi connectivity index (χ4v) is 3.06. The number of hydrogen-bond acceptors (Lipinski definition) is 5. The molecular formula is C18H14N6O. The van der Waals surface area contributed by atoms with Crippen LogP contribution in [0.15, 0.2) is 59.6 Å². The van der Waals surface area contributed by atoms with E-state index in [2.05, 4.69) is 44.2 Å². The third kappa shape index (κ3) is 2.25. The maximum absolute atomic E-state index is 5.90. The molecule has 5 rings (SSSR count). The second-order valence-electron chi connectivity index (χ2n) is 5.85. The average molecular weight is 330 g/mol. The van der Waals surface area contributed by atoms with Gasteiger partial charge in [0.1, 0.15) is 11.2 Å². The molecule has 0 aliphatic rings. The zero-order valence-corrected chi connectivity index (χ0v) is 13.2. The molecule has 0 fully saturated rings. The van der Waals surface area contributed by atoms with E-state index < -0.39 is 0 Å². The third-order valence-electron chi connectivity index (χ3n) is 4.21. The van der Waals surface area contributed by atoms with Gasteiger partial charge in [0.25, 0.3) is 0 Å². The molecule has 0 bridgehead atoms. The first-order chi connectivity index (χ1) is 12.3. The predicted molar refractivity (Wildman–Crippen MR) is 94.8 cm³/mol. The quantitative estimate of drug-likeness (QED) is 0.529. The van der Waals surface area contributed by atoms with E-state index in [1.165, 1.54) is 5.39 Å². The molecular weight excluding hydrogens is 316 g/mol. The lowest BCUT2D eigenvalue weighted by atomic mass is 10.1. The Labute approximate surface area is 142 Å². The number of nitrogen functional groups attached to an aromatic ring is 1. The summed E-state index contributed by atoms with van der Waals surface area (Å²) in [5.41, 5.74) is 10.1. The highest BCUT2D eigenvalue weighted by atomic mass is 16.3. The summed E-state index contributed by atoms with van der Waals surface area (Å²) in [7, 11) is 0. The molecule has 0 atom stereocenters. The fraction of sp³-hybridized carbons (Fsp3) is 0.0556. The van der Waals surface area contributed by atoms with Gasteiger partial charge in [-0.15, -0.1) is 0 Å². The van der Waals surface area contributed by atoms with E-state index >= 15 is 0 Å². The molecule has 0 radical (unpaired) electrons. The third-order valence-corrected chi connectivity index (χ3v) is 4.21. The summed E-state index contributed by atoms with van der Waals surface area (Å²) in [6.07, 6.45) is 5.29. The number of imidazole rings is 1. The summed E-state index contributed by atoms with van der Waals surface area (Å²) < 4.78 is 7.42. The molecule has 0 aliphatic heterocycles. The van der Waals surface area contributed by atoms with Crippen molar-refractivity contribution < 1.29 is 4.42 Å². The highest BCUT2D eigenvalue weighted by molar-refractivity contribution is 5.86. The number of nitrogens with two attached hydrogens (primary N) is 1. The first kappa shape index (κ1) is 13.8. The number of benzene rings is 1. The number of furan rings is 1. The molecule has 7 nitrogen and oxygen atoms in total. The molecule has 5 aromatic rings. The number of nitrogens with zero attached hydrogens (tertiary/aromatic N) is 4. The van der Waals surface area contributed by atoms with Gasteiger partial charge in [0, 0.05) is 11.7 Å². The van der Waals surface area contributed by atoms with Gasteiger partial charge in [0.2, 0.25) is 5.95 Å². The van der Waals surface area contributed by atoms with Crippen molar-refractivity contribution >= 4 is 28.0 Å². The molecule has 7 heteroatoms. The van der Waals surface area contributed by atoms with E-state index in [4.69, 9.17) is 10.2 Å². The van der Waals surface area contributed by atoms with Crippen LogP contribution in [0.1, 0.15) is 5.56 Å². The Morgan fingerprint density at radius 1 is 1.16 bits per heavy atom. The number of nitrogens with one attached hydrogen (secondary N) is 1. The van der Waals surface area contributed by atoms with E-state index in [1.54, 1.807) is 12.6 Å². The van der Waals surface area contributed by atoms with Crippen LogP contribution in [0.25, 0.3) is 33.5 Å². The molecule has 4 aromatic heterocycles. The Hall–Kier alpha value is -3.61. The molecule has 3 N–H and O–H groups in total. The number of hydrogen-bond donors (Lipinski definition) is 2. The molecule has 1 aromatic carbocycles. The van der Waals surface area contributed by atoms with Gasteiger partial charge < -0.3 is 19.7 Å². The second kappa shape index (κ2) is 5.20. The number of aromatic amines is 1. The van der Waals surface area contributed by atoms with Crippen LogP contribution in [0.3, 0.4) is 0 Å². The SMILES string of the molecule is Nc1nc(-c2ccco2)c2ncn(Cc3ccc4[nH]ccc4c3)c2n1. The Morgan fingerprint density at radius 3 is 3.00 bits per heavy atom. The van der Waals surface area contributed by atoms with Gasteiger partial charge in [0.15, 0.2) is 11.4 Å². The molecule has 25 heavy (non-hydrogen) atoms. The van der Waals surface area contributed by atoms with Gasteiger partial charge in [-0.05, 0) is 41.3 Å². The van der Waals surface area contributed by atoms with Crippen molar-refractivity contribution in [2.75, 3.05) is 5.73 Å². The lowest BCUT2D eigenvalue weighted by Crippen LogP contribution is -2.03. The minimum atomic E-state index is 0.196. The van der Waals surface area contributed by atoms with Crippen molar-refractivity contribution in [2.24, 2.45) is 0 Å². The summed E-state index contributed by atoms with van der Waals surface area (Å²) in [4.78, 5) is 16.3. The minimum absolute atomic E-state index is 0.196. The maximum atomic E-state index is 5.90. The van der Waals surface area contributed by atoms with Crippen molar-refractivity contribution in [3.8, 4) is 11.5 Å². The van der Waals surface area contributed by atoms with Crippen LogP contribution in [0.5, 0.6) is 0 Å². The van der Waals surface area contributed by atoms with Crippen LogP contribution in [0.2, 0.25) is 0 Å². The fourth-order valence-electron chi connectivity index (χ4n) is 3.06. The first-order valence-corrected chi connectivity index (χ1v) is 7.86. The molecule has 4 heterocycles. The van der Waals surface area contributed by atoms with Crippen molar-refractivity contribution in [2.45, 2.75) is 6.54 Å². The molecule has 0 saturated heterocycles. The topological polar surface area (TPSA) is 98.5 Å². The molecule has 0 unspecified atom stereocenters. The number of anilines is 1. The van der Waals surface area contributed by atoms with Crippen LogP contribution < -0.4 is 5.73 Å². The summed E-state index contributed by atoms with van der Waals surface area (Å²) in [5, 5.41) is 1.17. The standard InChI is InChI=1S/C18H14N6O/c19-18-22-15(14-2-1-7-25-14)16-17(23-18)24(10-21-16)9-11-3-4-13-12(8-11)5-6-20-13/h1-8,10,20H,9H2,(H2,19,22,23). The average Bonchev–Trinajstić information content (AvgIpc) is 3.35. The highest BCUT2D eigenvalue weighted by Gasteiger charge is 2.16. The lowest BCUT2D eigenvalue weighted by Gasteiger charge is -2.06. The Morgan fingerprint density at radius 2 is 2.12 bits per heavy atom. The Kier molecular flexibility index (Phi) is 2.87. The zero-order chi connectivity index (χ0) is 16.8. The maximum Gasteiger partial charge on any atom is 0.222 e. The summed E-state index contributed by atoms with van der Waals surface area (Å²) in [5.74, 6) is 0.819. The van der Waals surface area contributed by atoms with Gasteiger partial charge in [-0.3, -0.25) is 0 Å². The molecule has 0 saturated carbocycles. The van der Waals surface area contributed by atoms with Gasteiger partial charge in [0.05, 0.1) is 19.1 Å². The van der Waals surface area contributed by atoms with E-state index in [0.717, 1.165) is 11.1 Å². The highest BCUT2D eigenvalue weighted by Crippen LogP contribution is 2.26. The zero-order valence-electron chi connectivity index (χ0n) is 13.2. The van der Waals surface area contributed by atoms with Crippen molar-refractivity contribution in [1.82, 2.24) is 24.5 Å². The molecule has 0 aliphatic carbocycles. The monoisotopic (exact) mass is 330 g/mol. The van der Waals surface area contributed by atoms with Crippen LogP contribution in [0.4, 0.5) is 5.95 Å². The second-order valence-corrected chi connectivity index (χ2v) is 5.85. The van der Waals surface area contributed by atoms with E-state index in [0.29, 0.717) is 29.2 Å². The van der Waals surface area contributed by atoms with Crippen LogP contribution in [-0.2, 0) is 6.54 Å². The van der Waals surface area contributed by atoms with Crippen LogP contribution in [-0.4, -0.2) is 24.5 Å². The van der Waals surface area contributed by atoms with E-state index in [-0.39, 0.29) is 5.95 Å². The summed E-state index contributed by atoms with van der Waals surface area (Å²) in [6.45, 7) is 0.645. The minimum Gasteiger partial charge on any atom is -0.463 e. The van der Waals surface area contributed by atoms with Crippen molar-refractivity contribution in [3.63, 3.8) is 0 Å². The number of fused-ring (bicyclic) bond motifs is 2. The van der Waals surface area contributed by atoms with Gasteiger partial charge in [-0.2, -0.15) is 4.98 Å². The number of rotatable bonds is 3. The van der Waals surface area contributed by atoms with Gasteiger partial charge >= 0.3 is 0 Å². The molecule has 0 amide bonds. The predicted octanol–water partition coefficient (Wildman–Crippen LogP) is 3.20. The summed E-state index contributed by atoms with van der Waals surface area (Å²) >= 11 is 0. The van der Waals surface area contributed by atoms with Crippen LogP contribution >= 0.6 is 0 Å². The first-order valence-electron chi connectivity index (χ1n) is 7.86. The normalized spacial score (nSPS) is 11.5. The van der Waals surface area contributed by atoms with Gasteiger partial charge in [-0.1, -0.05) is 6.07 Å². The molecule has 0 spiro atoms. The largest absolute Gasteiger partial charge is 0.463 e. The Bertz CT molecular complexity index is 1190. The Balaban J connectivity index is 1.62. The van der Waals surface area contributed by atoms with E-state index in [1.807, 2.05) is 22.9 Å². The van der Waals surface area contributed by atoms with Crippen LogP contribution in [0, 0.1) is 0 Å². The number of H-pyrrole nitrogens is 1. The van der Waals surface area contributed by atoms with E-state index in [9.17, 15) is 0 Å². The van der Waals surface area contributed by atoms with Crippen molar-refractivity contribution in [1.29, 1.82) is 0 Å². The summed E-state index contributed by atoms with van der Waals surface area (Å²) in [6, 6.07) is 12.0. The van der Waals surface area contributed by atoms with Crippen molar-refractivity contribution in [3.05, 3.63) is 60.7 Å². The smallest absolute Gasteiger partial charge is 0.222 e. The number of aromatic nitrogens is 5. The lowest BCUT2D eigenvalue weighted by molar-refractivity contribution is 0.580.